The first kappa shape index (κ1) is 18.0. The molecular weight excluding hydrogens is 425 g/mol. The third-order valence-corrected chi connectivity index (χ3v) is 4.07. The van der Waals surface area contributed by atoms with Crippen LogP contribution in [0.15, 0.2) is 34.7 Å². The quantitative estimate of drug-likeness (QED) is 0.497. The van der Waals surface area contributed by atoms with Gasteiger partial charge in [-0.3, -0.25) is 25.2 Å². The Morgan fingerprint density at radius 3 is 2.38 bits per heavy atom. The second-order valence-corrected chi connectivity index (χ2v) is 6.15. The smallest absolute Gasteiger partial charge is 0.273 e. The van der Waals surface area contributed by atoms with Crippen molar-refractivity contribution < 1.29 is 18.8 Å². The third kappa shape index (κ3) is 4.57. The van der Waals surface area contributed by atoms with E-state index in [9.17, 15) is 14.4 Å². The van der Waals surface area contributed by atoms with Crippen LogP contribution in [0.1, 0.15) is 32.2 Å². The molecule has 24 heavy (non-hydrogen) atoms. The average Bonchev–Trinajstić information content (AvgIpc) is 2.89. The summed E-state index contributed by atoms with van der Waals surface area (Å²) in [5, 5.41) is 2.49. The topological polar surface area (TPSA) is 100 Å². The molecule has 1 aromatic heterocycles. The Morgan fingerprint density at radius 2 is 1.75 bits per heavy atom. The molecule has 1 heterocycles. The SMILES string of the molecule is Cc1cc(C(=O)NNC(=O)CNC(=O)c2ccccc2I)c(C)o1. The van der Waals surface area contributed by atoms with Crippen molar-refractivity contribution in [3.63, 3.8) is 0 Å². The Morgan fingerprint density at radius 1 is 1.04 bits per heavy atom. The van der Waals surface area contributed by atoms with Crippen LogP contribution in [0, 0.1) is 17.4 Å². The number of halogens is 1. The van der Waals surface area contributed by atoms with E-state index in [-0.39, 0.29) is 12.5 Å². The van der Waals surface area contributed by atoms with Crippen LogP contribution in [-0.4, -0.2) is 24.3 Å². The first-order valence-electron chi connectivity index (χ1n) is 7.07. The lowest BCUT2D eigenvalue weighted by atomic mass is 10.2. The van der Waals surface area contributed by atoms with Crippen molar-refractivity contribution in [3.05, 3.63) is 56.5 Å². The minimum absolute atomic E-state index is 0.256. The van der Waals surface area contributed by atoms with E-state index in [1.807, 2.05) is 28.7 Å². The van der Waals surface area contributed by atoms with E-state index < -0.39 is 11.8 Å². The molecule has 1 aromatic carbocycles. The number of furan rings is 1. The van der Waals surface area contributed by atoms with Crippen LogP contribution in [0.3, 0.4) is 0 Å². The number of amides is 3. The standard InChI is InChI=1S/C16H16IN3O4/c1-9-7-12(10(2)24-9)16(23)20-19-14(21)8-18-15(22)11-5-3-4-6-13(11)17/h3-7H,8H2,1-2H3,(H,18,22)(H,19,21)(H,20,23). The van der Waals surface area contributed by atoms with Crippen molar-refractivity contribution in [3.8, 4) is 0 Å². The van der Waals surface area contributed by atoms with Crippen LogP contribution in [0.5, 0.6) is 0 Å². The molecular formula is C16H16IN3O4. The largest absolute Gasteiger partial charge is 0.466 e. The van der Waals surface area contributed by atoms with Gasteiger partial charge < -0.3 is 9.73 Å². The van der Waals surface area contributed by atoms with E-state index in [2.05, 4.69) is 16.2 Å². The summed E-state index contributed by atoms with van der Waals surface area (Å²) in [6.07, 6.45) is 0. The minimum atomic E-state index is -0.541. The maximum absolute atomic E-state index is 12.0. The molecule has 0 spiro atoms. The number of hydrogen-bond donors (Lipinski definition) is 3. The first-order valence-corrected chi connectivity index (χ1v) is 8.15. The fourth-order valence-corrected chi connectivity index (χ4v) is 2.63. The van der Waals surface area contributed by atoms with Gasteiger partial charge in [0.25, 0.3) is 17.7 Å². The maximum atomic E-state index is 12.0. The summed E-state index contributed by atoms with van der Waals surface area (Å²) >= 11 is 2.04. The Hall–Kier alpha value is -2.36. The van der Waals surface area contributed by atoms with Crippen molar-refractivity contribution >= 4 is 40.3 Å². The number of benzene rings is 1. The molecule has 0 saturated heterocycles. The number of hydrazine groups is 1. The number of carbonyl (C=O) groups excluding carboxylic acids is 3. The highest BCUT2D eigenvalue weighted by molar-refractivity contribution is 14.1. The van der Waals surface area contributed by atoms with Crippen LogP contribution in [0.2, 0.25) is 0 Å². The molecule has 0 aliphatic heterocycles. The number of nitrogens with one attached hydrogen (secondary N) is 3. The van der Waals surface area contributed by atoms with Crippen molar-refractivity contribution in [2.24, 2.45) is 0 Å². The maximum Gasteiger partial charge on any atom is 0.273 e. The molecule has 0 aliphatic rings. The third-order valence-electron chi connectivity index (χ3n) is 3.13. The van der Waals surface area contributed by atoms with Crippen molar-refractivity contribution in [1.29, 1.82) is 0 Å². The Balaban J connectivity index is 1.81. The number of rotatable bonds is 4. The van der Waals surface area contributed by atoms with Gasteiger partial charge in [0.2, 0.25) is 0 Å². The molecule has 0 radical (unpaired) electrons. The van der Waals surface area contributed by atoms with Crippen LogP contribution in [-0.2, 0) is 4.79 Å². The second kappa shape index (κ2) is 7.95. The lowest BCUT2D eigenvalue weighted by Gasteiger charge is -2.08. The molecule has 3 amide bonds. The molecule has 0 aliphatic carbocycles. The van der Waals surface area contributed by atoms with Crippen LogP contribution in [0.4, 0.5) is 0 Å². The Bertz CT molecular complexity index is 785. The zero-order valence-corrected chi connectivity index (χ0v) is 15.3. The fourth-order valence-electron chi connectivity index (χ4n) is 2.00. The molecule has 8 heteroatoms. The summed E-state index contributed by atoms with van der Waals surface area (Å²) in [5.41, 5.74) is 5.35. The second-order valence-electron chi connectivity index (χ2n) is 4.99. The lowest BCUT2D eigenvalue weighted by Crippen LogP contribution is -2.46. The van der Waals surface area contributed by atoms with Gasteiger partial charge in [0.1, 0.15) is 11.5 Å². The van der Waals surface area contributed by atoms with Crippen LogP contribution in [0.25, 0.3) is 0 Å². The highest BCUT2D eigenvalue weighted by Gasteiger charge is 2.15. The average molecular weight is 441 g/mol. The van der Waals surface area contributed by atoms with Gasteiger partial charge in [-0.2, -0.15) is 0 Å². The monoisotopic (exact) mass is 441 g/mol. The van der Waals surface area contributed by atoms with Gasteiger partial charge in [-0.15, -0.1) is 0 Å². The molecule has 0 bridgehead atoms. The first-order chi connectivity index (χ1) is 11.4. The van der Waals surface area contributed by atoms with E-state index in [1.165, 1.54) is 0 Å². The summed E-state index contributed by atoms with van der Waals surface area (Å²) in [5.74, 6) is -0.315. The number of aryl methyl sites for hydroxylation is 2. The van der Waals surface area contributed by atoms with E-state index >= 15 is 0 Å². The van der Waals surface area contributed by atoms with E-state index in [4.69, 9.17) is 4.42 Å². The number of hydrogen-bond acceptors (Lipinski definition) is 4. The van der Waals surface area contributed by atoms with Crippen LogP contribution >= 0.6 is 22.6 Å². The molecule has 0 fully saturated rings. The molecule has 2 aromatic rings. The van der Waals surface area contributed by atoms with Crippen molar-refractivity contribution in [1.82, 2.24) is 16.2 Å². The Kier molecular flexibility index (Phi) is 5.96. The van der Waals surface area contributed by atoms with Gasteiger partial charge in [-0.05, 0) is 54.6 Å². The molecule has 3 N–H and O–H groups in total. The molecule has 0 atom stereocenters. The summed E-state index contributed by atoms with van der Waals surface area (Å²) in [4.78, 5) is 35.6. The van der Waals surface area contributed by atoms with E-state index in [0.717, 1.165) is 3.57 Å². The fraction of sp³-hybridized carbons (Fsp3) is 0.188. The molecule has 0 saturated carbocycles. The van der Waals surface area contributed by atoms with Crippen molar-refractivity contribution in [2.75, 3.05) is 6.54 Å². The van der Waals surface area contributed by atoms with Gasteiger partial charge in [0.05, 0.1) is 17.7 Å². The summed E-state index contributed by atoms with van der Waals surface area (Å²) < 4.78 is 6.03. The summed E-state index contributed by atoms with van der Waals surface area (Å²) in [6.45, 7) is 3.13. The normalized spacial score (nSPS) is 10.1. The molecule has 0 unspecified atom stereocenters. The lowest BCUT2D eigenvalue weighted by molar-refractivity contribution is -0.120. The minimum Gasteiger partial charge on any atom is -0.466 e. The molecule has 126 valence electrons. The highest BCUT2D eigenvalue weighted by atomic mass is 127. The summed E-state index contributed by atoms with van der Waals surface area (Å²) in [6, 6.07) is 8.61. The predicted molar refractivity (Wildman–Crippen MR) is 95.3 cm³/mol. The predicted octanol–water partition coefficient (Wildman–Crippen LogP) is 1.69. The zero-order valence-electron chi connectivity index (χ0n) is 13.1. The highest BCUT2D eigenvalue weighted by Crippen LogP contribution is 2.13. The van der Waals surface area contributed by atoms with Gasteiger partial charge in [-0.1, -0.05) is 12.1 Å². The zero-order chi connectivity index (χ0) is 17.7. The van der Waals surface area contributed by atoms with Gasteiger partial charge >= 0.3 is 0 Å². The summed E-state index contributed by atoms with van der Waals surface area (Å²) in [7, 11) is 0. The molecule has 7 nitrogen and oxygen atoms in total. The van der Waals surface area contributed by atoms with Gasteiger partial charge in [-0.25, -0.2) is 0 Å². The number of carbonyl (C=O) groups is 3. The van der Waals surface area contributed by atoms with E-state index in [1.54, 1.807) is 38.1 Å². The van der Waals surface area contributed by atoms with Gasteiger partial charge in [0.15, 0.2) is 0 Å². The van der Waals surface area contributed by atoms with Crippen LogP contribution < -0.4 is 16.2 Å². The van der Waals surface area contributed by atoms with Gasteiger partial charge in [0, 0.05) is 3.57 Å². The van der Waals surface area contributed by atoms with E-state index in [0.29, 0.717) is 22.6 Å². The van der Waals surface area contributed by atoms with Crippen molar-refractivity contribution in [2.45, 2.75) is 13.8 Å². The Labute approximate surface area is 152 Å². The molecule has 2 rings (SSSR count).